The molecule has 0 radical (unpaired) electrons. The van der Waals surface area contributed by atoms with Crippen molar-refractivity contribution in [2.75, 3.05) is 0 Å². The molecule has 1 nitrogen and oxygen atoms in total. The molecule has 0 saturated carbocycles. The van der Waals surface area contributed by atoms with E-state index < -0.39 is 6.10 Å². The van der Waals surface area contributed by atoms with E-state index in [1.807, 2.05) is 24.4 Å². The number of halogens is 2. The largest absolute Gasteiger partial charge is 0.384 e. The average molecular weight is 318 g/mol. The maximum Gasteiger partial charge on any atom is 0.106 e. The number of rotatable bonds is 2. The van der Waals surface area contributed by atoms with Crippen LogP contribution in [0.4, 0.5) is 0 Å². The molecule has 1 atom stereocenters. The van der Waals surface area contributed by atoms with Gasteiger partial charge in [-0.15, -0.1) is 11.3 Å². The molecule has 1 N–H and O–H groups in total. The summed E-state index contributed by atoms with van der Waals surface area (Å²) >= 11 is 10.9. The zero-order chi connectivity index (χ0) is 11.7. The summed E-state index contributed by atoms with van der Waals surface area (Å²) in [5, 5.41) is 12.9. The molecule has 0 bridgehead atoms. The molecule has 0 amide bonds. The normalized spacial score (nSPS) is 12.8. The quantitative estimate of drug-likeness (QED) is 0.861. The van der Waals surface area contributed by atoms with Crippen molar-refractivity contribution in [1.29, 1.82) is 0 Å². The first kappa shape index (κ1) is 12.1. The number of aliphatic hydroxyl groups is 1. The zero-order valence-corrected chi connectivity index (χ0v) is 11.7. The fourth-order valence-electron chi connectivity index (χ4n) is 1.57. The van der Waals surface area contributed by atoms with E-state index in [2.05, 4.69) is 15.9 Å². The van der Waals surface area contributed by atoms with Crippen LogP contribution in [-0.2, 0) is 0 Å². The maximum atomic E-state index is 10.3. The number of benzene rings is 1. The molecule has 0 saturated heterocycles. The lowest BCUT2D eigenvalue weighted by atomic mass is 10.0. The summed E-state index contributed by atoms with van der Waals surface area (Å²) < 4.78 is 0.832. The lowest BCUT2D eigenvalue weighted by Gasteiger charge is -2.13. The zero-order valence-electron chi connectivity index (χ0n) is 8.58. The van der Waals surface area contributed by atoms with Crippen molar-refractivity contribution in [1.82, 2.24) is 0 Å². The molecule has 0 fully saturated rings. The minimum absolute atomic E-state index is 0.599. The van der Waals surface area contributed by atoms with E-state index >= 15 is 0 Å². The second kappa shape index (κ2) is 4.88. The van der Waals surface area contributed by atoms with Gasteiger partial charge in [-0.1, -0.05) is 33.6 Å². The summed E-state index contributed by atoms with van der Waals surface area (Å²) in [6, 6.07) is 7.37. The van der Waals surface area contributed by atoms with Gasteiger partial charge in [0.05, 0.1) is 0 Å². The molecule has 0 aliphatic rings. The fraction of sp³-hybridized carbons (Fsp3) is 0.167. The van der Waals surface area contributed by atoms with Gasteiger partial charge in [0, 0.05) is 14.4 Å². The van der Waals surface area contributed by atoms with Gasteiger partial charge in [0.1, 0.15) is 6.10 Å². The molecule has 2 aromatic rings. The lowest BCUT2D eigenvalue weighted by molar-refractivity contribution is 0.219. The van der Waals surface area contributed by atoms with Crippen LogP contribution >= 0.6 is 38.9 Å². The Morgan fingerprint density at radius 3 is 2.62 bits per heavy atom. The van der Waals surface area contributed by atoms with Crippen LogP contribution in [-0.4, -0.2) is 5.11 Å². The molecule has 84 valence electrons. The summed E-state index contributed by atoms with van der Waals surface area (Å²) in [6.45, 7) is 2.01. The van der Waals surface area contributed by atoms with Crippen molar-refractivity contribution < 1.29 is 5.11 Å². The van der Waals surface area contributed by atoms with E-state index in [4.69, 9.17) is 11.6 Å². The first-order valence-corrected chi connectivity index (χ1v) is 6.81. The maximum absolute atomic E-state index is 10.3. The smallest absolute Gasteiger partial charge is 0.106 e. The van der Waals surface area contributed by atoms with Crippen LogP contribution in [0.25, 0.3) is 0 Å². The molecule has 0 aliphatic heterocycles. The number of thiophene rings is 1. The van der Waals surface area contributed by atoms with Gasteiger partial charge in [-0.25, -0.2) is 0 Å². The van der Waals surface area contributed by atoms with Crippen molar-refractivity contribution in [2.24, 2.45) is 0 Å². The first-order chi connectivity index (χ1) is 7.59. The Hall–Kier alpha value is -0.350. The second-order valence-electron chi connectivity index (χ2n) is 3.50. The molecule has 1 aromatic carbocycles. The molecule has 0 aliphatic carbocycles. The van der Waals surface area contributed by atoms with Crippen LogP contribution in [0.15, 0.2) is 34.1 Å². The van der Waals surface area contributed by atoms with E-state index in [9.17, 15) is 5.11 Å². The highest BCUT2D eigenvalue weighted by Crippen LogP contribution is 2.33. The monoisotopic (exact) mass is 316 g/mol. The predicted octanol–water partition coefficient (Wildman–Crippen LogP) is 4.55. The van der Waals surface area contributed by atoms with Crippen LogP contribution in [0.1, 0.15) is 22.1 Å². The van der Waals surface area contributed by atoms with E-state index in [0.29, 0.717) is 5.02 Å². The number of aliphatic hydroxyl groups excluding tert-OH is 1. The van der Waals surface area contributed by atoms with E-state index in [1.54, 1.807) is 23.5 Å². The Morgan fingerprint density at radius 2 is 2.06 bits per heavy atom. The molecule has 4 heteroatoms. The van der Waals surface area contributed by atoms with Crippen molar-refractivity contribution in [3.63, 3.8) is 0 Å². The van der Waals surface area contributed by atoms with Gasteiger partial charge in [0.25, 0.3) is 0 Å². The summed E-state index contributed by atoms with van der Waals surface area (Å²) in [5.74, 6) is 0. The van der Waals surface area contributed by atoms with E-state index in [0.717, 1.165) is 20.5 Å². The van der Waals surface area contributed by atoms with Crippen LogP contribution in [0.5, 0.6) is 0 Å². The van der Waals surface area contributed by atoms with Gasteiger partial charge < -0.3 is 5.11 Å². The van der Waals surface area contributed by atoms with Crippen LogP contribution in [0.3, 0.4) is 0 Å². The number of hydrogen-bond donors (Lipinski definition) is 1. The third kappa shape index (κ3) is 2.33. The number of aryl methyl sites for hydroxylation is 1. The molecule has 2 rings (SSSR count). The Balaban J connectivity index is 2.41. The van der Waals surface area contributed by atoms with Gasteiger partial charge in [-0.3, -0.25) is 0 Å². The molecule has 0 spiro atoms. The molecule has 1 heterocycles. The van der Waals surface area contributed by atoms with Crippen molar-refractivity contribution in [3.05, 3.63) is 55.1 Å². The Labute approximate surface area is 112 Å². The highest BCUT2D eigenvalue weighted by Gasteiger charge is 2.16. The molecule has 1 aromatic heterocycles. The summed E-state index contributed by atoms with van der Waals surface area (Å²) in [4.78, 5) is 1.13. The van der Waals surface area contributed by atoms with Crippen molar-refractivity contribution in [2.45, 2.75) is 13.0 Å². The van der Waals surface area contributed by atoms with E-state index in [-0.39, 0.29) is 0 Å². The number of hydrogen-bond acceptors (Lipinski definition) is 2. The summed E-state index contributed by atoms with van der Waals surface area (Å²) in [7, 11) is 0. The molecular weight excluding hydrogens is 308 g/mol. The van der Waals surface area contributed by atoms with Gasteiger partial charge in [0.2, 0.25) is 0 Å². The van der Waals surface area contributed by atoms with Crippen LogP contribution in [0, 0.1) is 6.92 Å². The third-order valence-electron chi connectivity index (χ3n) is 2.45. The Kier molecular flexibility index (Phi) is 3.70. The SMILES string of the molecule is Cc1sccc1C(O)c1ccc(Cl)cc1Br. The van der Waals surface area contributed by atoms with E-state index in [1.165, 1.54) is 0 Å². The highest BCUT2D eigenvalue weighted by atomic mass is 79.9. The standard InChI is InChI=1S/C12H10BrClOS/c1-7-9(4-5-16-7)12(15)10-3-2-8(14)6-11(10)13/h2-6,12,15H,1H3. The summed E-state index contributed by atoms with van der Waals surface area (Å²) in [6.07, 6.45) is -0.599. The minimum atomic E-state index is -0.599. The highest BCUT2D eigenvalue weighted by molar-refractivity contribution is 9.10. The summed E-state index contributed by atoms with van der Waals surface area (Å²) in [5.41, 5.74) is 1.79. The molecule has 16 heavy (non-hydrogen) atoms. The van der Waals surface area contributed by atoms with Crippen LogP contribution in [0.2, 0.25) is 5.02 Å². The van der Waals surface area contributed by atoms with Crippen molar-refractivity contribution >= 4 is 38.9 Å². The minimum Gasteiger partial charge on any atom is -0.384 e. The topological polar surface area (TPSA) is 20.2 Å². The van der Waals surface area contributed by atoms with Crippen LogP contribution < -0.4 is 0 Å². The Morgan fingerprint density at radius 1 is 1.31 bits per heavy atom. The van der Waals surface area contributed by atoms with Crippen molar-refractivity contribution in [3.8, 4) is 0 Å². The molecular formula is C12H10BrClOS. The lowest BCUT2D eigenvalue weighted by Crippen LogP contribution is -2.00. The van der Waals surface area contributed by atoms with Gasteiger partial charge in [-0.2, -0.15) is 0 Å². The third-order valence-corrected chi connectivity index (χ3v) is 4.23. The van der Waals surface area contributed by atoms with Gasteiger partial charge in [0.15, 0.2) is 0 Å². The molecule has 1 unspecified atom stereocenters. The first-order valence-electron chi connectivity index (χ1n) is 4.76. The van der Waals surface area contributed by atoms with Gasteiger partial charge >= 0.3 is 0 Å². The van der Waals surface area contributed by atoms with Gasteiger partial charge in [-0.05, 0) is 41.6 Å². The second-order valence-corrected chi connectivity index (χ2v) is 5.91. The predicted molar refractivity (Wildman–Crippen MR) is 72.3 cm³/mol. The average Bonchev–Trinajstić information content (AvgIpc) is 2.63. The fourth-order valence-corrected chi connectivity index (χ4v) is 3.20. The Bertz CT molecular complexity index is 509.